The minimum absolute atomic E-state index is 0.761. The fourth-order valence-electron chi connectivity index (χ4n) is 3.02. The van der Waals surface area contributed by atoms with Gasteiger partial charge in [-0.3, -0.25) is 9.09 Å². The number of rotatable bonds is 5. The lowest BCUT2D eigenvalue weighted by molar-refractivity contribution is -0.337. The molecule has 27 heavy (non-hydrogen) atoms. The second kappa shape index (κ2) is 8.63. The summed E-state index contributed by atoms with van der Waals surface area (Å²) in [5.41, 5.74) is 0. The van der Waals surface area contributed by atoms with E-state index in [1.54, 1.807) is 0 Å². The van der Waals surface area contributed by atoms with Gasteiger partial charge >= 0.3 is 7.60 Å². The highest BCUT2D eigenvalue weighted by Crippen LogP contribution is 2.43. The van der Waals surface area contributed by atoms with E-state index in [0.29, 0.717) is 0 Å². The zero-order chi connectivity index (χ0) is 20.7. The third-order valence-corrected chi connectivity index (χ3v) is 5.14. The van der Waals surface area contributed by atoms with Gasteiger partial charge in [-0.25, -0.2) is 0 Å². The van der Waals surface area contributed by atoms with Crippen LogP contribution in [-0.4, -0.2) is 126 Å². The first kappa shape index (κ1) is 23.0. The van der Waals surface area contributed by atoms with Crippen LogP contribution in [0.3, 0.4) is 0 Å². The summed E-state index contributed by atoms with van der Waals surface area (Å²) in [4.78, 5) is 9.41. The lowest BCUT2D eigenvalue weighted by Gasteiger charge is -2.47. The summed E-state index contributed by atoms with van der Waals surface area (Å²) in [6.07, 6.45) is -19.9. The van der Waals surface area contributed by atoms with E-state index in [4.69, 9.17) is 14.0 Å². The SMILES string of the molecule is CP(=O)(O)OC1C(O)C(O)C(O)C(O)C1O[C@H]1O[C@H](CO)C(O)C(O)C1O. The Hall–Kier alpha value is -0.250. The summed E-state index contributed by atoms with van der Waals surface area (Å²) in [5, 5.41) is 78.5. The van der Waals surface area contributed by atoms with Gasteiger partial charge in [-0.05, 0) is 0 Å². The molecule has 160 valence electrons. The molecule has 2 aliphatic rings. The third-order valence-electron chi connectivity index (χ3n) is 4.50. The molecule has 0 aromatic carbocycles. The Morgan fingerprint density at radius 3 is 1.78 bits per heavy atom. The van der Waals surface area contributed by atoms with E-state index in [-0.39, 0.29) is 0 Å². The summed E-state index contributed by atoms with van der Waals surface area (Å²) in [7, 11) is -4.27. The molecule has 1 aliphatic heterocycles. The van der Waals surface area contributed by atoms with Gasteiger partial charge in [0.15, 0.2) is 6.29 Å². The van der Waals surface area contributed by atoms with Crippen LogP contribution >= 0.6 is 7.60 Å². The Balaban J connectivity index is 2.27. The second-order valence-electron chi connectivity index (χ2n) is 6.63. The first-order valence-electron chi connectivity index (χ1n) is 8.06. The molecular weight excluding hydrogens is 395 g/mol. The maximum atomic E-state index is 11.6. The Labute approximate surface area is 153 Å². The molecule has 0 aromatic heterocycles. The molecule has 1 saturated heterocycles. The van der Waals surface area contributed by atoms with Crippen LogP contribution in [0.4, 0.5) is 0 Å². The van der Waals surface area contributed by atoms with Gasteiger partial charge in [-0.2, -0.15) is 0 Å². The molecule has 2 rings (SSSR count). The zero-order valence-corrected chi connectivity index (χ0v) is 15.1. The van der Waals surface area contributed by atoms with Crippen LogP contribution in [-0.2, 0) is 18.6 Å². The molecule has 0 bridgehead atoms. The van der Waals surface area contributed by atoms with E-state index in [2.05, 4.69) is 0 Å². The molecule has 13 nitrogen and oxygen atoms in total. The quantitative estimate of drug-likeness (QED) is 0.190. The van der Waals surface area contributed by atoms with Crippen molar-refractivity contribution >= 4 is 7.60 Å². The number of aliphatic hydroxyl groups excluding tert-OH is 8. The lowest BCUT2D eigenvalue weighted by atomic mass is 9.84. The molecule has 1 saturated carbocycles. The van der Waals surface area contributed by atoms with Crippen molar-refractivity contribution < 1.29 is 64.3 Å². The van der Waals surface area contributed by atoms with Crippen molar-refractivity contribution in [1.29, 1.82) is 0 Å². The topological polar surface area (TPSA) is 227 Å². The summed E-state index contributed by atoms with van der Waals surface area (Å²) in [6, 6.07) is 0. The van der Waals surface area contributed by atoms with Crippen LogP contribution in [0.25, 0.3) is 0 Å². The van der Waals surface area contributed by atoms with Gasteiger partial charge in [0.25, 0.3) is 0 Å². The molecule has 0 aromatic rings. The Bertz CT molecular complexity index is 540. The average molecular weight is 420 g/mol. The predicted molar refractivity (Wildman–Crippen MR) is 83.3 cm³/mol. The van der Waals surface area contributed by atoms with E-state index in [0.717, 1.165) is 6.66 Å². The summed E-state index contributed by atoms with van der Waals surface area (Å²) >= 11 is 0. The van der Waals surface area contributed by atoms with Gasteiger partial charge < -0.3 is 55.2 Å². The summed E-state index contributed by atoms with van der Waals surface area (Å²) in [6.45, 7) is 0.0111. The fraction of sp³-hybridized carbons (Fsp3) is 1.00. The molecule has 9 N–H and O–H groups in total. The predicted octanol–water partition coefficient (Wildman–Crippen LogP) is -5.17. The Morgan fingerprint density at radius 1 is 0.815 bits per heavy atom. The van der Waals surface area contributed by atoms with E-state index in [1.807, 2.05) is 0 Å². The van der Waals surface area contributed by atoms with Crippen LogP contribution in [0.1, 0.15) is 0 Å². The standard InChI is InChI=1S/C13H25O13P/c1-27(22,23)26-12-9(20)7(18)6(17)8(19)11(12)25-13-10(21)5(16)4(15)3(2-14)24-13/h3-21H,2H2,1H3,(H,22,23)/t3-,4?,5?,6?,7?,8?,9?,10?,11?,12?,13-/m1/s1. The third kappa shape index (κ3) is 4.85. The molecular formula is C13H25O13P. The summed E-state index contributed by atoms with van der Waals surface area (Å²) < 4.78 is 26.7. The van der Waals surface area contributed by atoms with Crippen molar-refractivity contribution in [2.75, 3.05) is 13.3 Å². The minimum atomic E-state index is -4.27. The smallest absolute Gasteiger partial charge is 0.325 e. The van der Waals surface area contributed by atoms with Crippen molar-refractivity contribution in [2.24, 2.45) is 0 Å². The number of ether oxygens (including phenoxy) is 2. The van der Waals surface area contributed by atoms with E-state index in [1.165, 1.54) is 0 Å². The molecule has 0 amide bonds. The molecule has 2 fully saturated rings. The van der Waals surface area contributed by atoms with E-state index in [9.17, 15) is 50.3 Å². The highest BCUT2D eigenvalue weighted by atomic mass is 31.2. The number of hydrogen-bond acceptors (Lipinski definition) is 12. The van der Waals surface area contributed by atoms with E-state index >= 15 is 0 Å². The molecule has 10 unspecified atom stereocenters. The molecule has 0 radical (unpaired) electrons. The summed E-state index contributed by atoms with van der Waals surface area (Å²) in [5.74, 6) is 0. The maximum Gasteiger partial charge on any atom is 0.325 e. The van der Waals surface area contributed by atoms with Gasteiger partial charge in [0.1, 0.15) is 61.0 Å². The highest BCUT2D eigenvalue weighted by molar-refractivity contribution is 7.51. The lowest BCUT2D eigenvalue weighted by Crippen LogP contribution is -2.67. The van der Waals surface area contributed by atoms with Gasteiger partial charge in [0.2, 0.25) is 0 Å². The van der Waals surface area contributed by atoms with Crippen molar-refractivity contribution in [1.82, 2.24) is 0 Å². The van der Waals surface area contributed by atoms with Crippen molar-refractivity contribution in [3.8, 4) is 0 Å². The highest BCUT2D eigenvalue weighted by Gasteiger charge is 2.54. The van der Waals surface area contributed by atoms with Gasteiger partial charge in [0, 0.05) is 6.66 Å². The molecule has 14 heteroatoms. The van der Waals surface area contributed by atoms with Crippen molar-refractivity contribution in [3.63, 3.8) is 0 Å². The molecule has 1 aliphatic carbocycles. The largest absolute Gasteiger partial charge is 0.394 e. The van der Waals surface area contributed by atoms with Crippen LogP contribution < -0.4 is 0 Å². The van der Waals surface area contributed by atoms with Gasteiger partial charge in [-0.15, -0.1) is 0 Å². The first-order chi connectivity index (χ1) is 12.4. The Morgan fingerprint density at radius 2 is 1.30 bits per heavy atom. The maximum absolute atomic E-state index is 11.6. The molecule has 12 atom stereocenters. The Kier molecular flexibility index (Phi) is 7.36. The van der Waals surface area contributed by atoms with Crippen LogP contribution in [0.15, 0.2) is 0 Å². The van der Waals surface area contributed by atoms with Crippen LogP contribution in [0, 0.1) is 0 Å². The van der Waals surface area contributed by atoms with Crippen LogP contribution in [0.5, 0.6) is 0 Å². The monoisotopic (exact) mass is 420 g/mol. The fourth-order valence-corrected chi connectivity index (χ4v) is 3.72. The number of aliphatic hydroxyl groups is 8. The zero-order valence-electron chi connectivity index (χ0n) is 14.2. The van der Waals surface area contributed by atoms with Gasteiger partial charge in [0.05, 0.1) is 6.61 Å². The van der Waals surface area contributed by atoms with Crippen molar-refractivity contribution in [3.05, 3.63) is 0 Å². The minimum Gasteiger partial charge on any atom is -0.394 e. The van der Waals surface area contributed by atoms with Crippen LogP contribution in [0.2, 0.25) is 0 Å². The van der Waals surface area contributed by atoms with Gasteiger partial charge in [-0.1, -0.05) is 0 Å². The molecule has 1 heterocycles. The second-order valence-corrected chi connectivity index (χ2v) is 8.45. The van der Waals surface area contributed by atoms with Crippen molar-refractivity contribution in [2.45, 2.75) is 67.3 Å². The van der Waals surface area contributed by atoms with E-state index < -0.39 is 81.5 Å². The number of hydrogen-bond donors (Lipinski definition) is 9. The average Bonchev–Trinajstić information content (AvgIpc) is 2.60. The normalized spacial score (nSPS) is 51.0. The first-order valence-corrected chi connectivity index (χ1v) is 10.1. The molecule has 0 spiro atoms.